The predicted molar refractivity (Wildman–Crippen MR) is 101 cm³/mol. The number of aromatic nitrogens is 1. The minimum Gasteiger partial charge on any atom is -0.370 e. The summed E-state index contributed by atoms with van der Waals surface area (Å²) in [6.07, 6.45) is 2.46. The number of aryl methyl sites for hydroxylation is 2. The number of hydrogen-bond donors (Lipinski definition) is 2. The van der Waals surface area contributed by atoms with Gasteiger partial charge in [-0.05, 0) is 44.9 Å². The molecule has 0 unspecified atom stereocenters. The minimum atomic E-state index is 0.423. The van der Waals surface area contributed by atoms with E-state index in [1.165, 1.54) is 18.4 Å². The summed E-state index contributed by atoms with van der Waals surface area (Å²) in [5, 5.41) is 3.13. The highest BCUT2D eigenvalue weighted by atomic mass is 15.2. The zero-order valence-electron chi connectivity index (χ0n) is 14.4. The number of benzene rings is 1. The van der Waals surface area contributed by atoms with Gasteiger partial charge in [0.05, 0.1) is 6.54 Å². The van der Waals surface area contributed by atoms with Crippen LogP contribution in [0, 0.1) is 13.8 Å². The Morgan fingerprint density at radius 3 is 2.54 bits per heavy atom. The zero-order valence-corrected chi connectivity index (χ0v) is 14.4. The molecular weight excluding hydrogens is 298 g/mol. The second kappa shape index (κ2) is 7.34. The van der Waals surface area contributed by atoms with E-state index in [9.17, 15) is 0 Å². The molecule has 0 spiro atoms. The van der Waals surface area contributed by atoms with Crippen molar-refractivity contribution in [2.75, 3.05) is 23.3 Å². The van der Waals surface area contributed by atoms with Gasteiger partial charge in [0.15, 0.2) is 5.96 Å². The summed E-state index contributed by atoms with van der Waals surface area (Å²) < 4.78 is 0. The van der Waals surface area contributed by atoms with Gasteiger partial charge >= 0.3 is 0 Å². The summed E-state index contributed by atoms with van der Waals surface area (Å²) in [6.45, 7) is 6.77. The summed E-state index contributed by atoms with van der Waals surface area (Å²) in [6, 6.07) is 12.2. The second-order valence-electron chi connectivity index (χ2n) is 6.32. The molecule has 1 aromatic carbocycles. The molecule has 0 amide bonds. The van der Waals surface area contributed by atoms with Crippen molar-refractivity contribution in [3.05, 3.63) is 53.2 Å². The number of rotatable bonds is 4. The number of anilines is 2. The highest BCUT2D eigenvalue weighted by Crippen LogP contribution is 2.23. The average molecular weight is 323 g/mol. The Morgan fingerprint density at radius 2 is 1.83 bits per heavy atom. The number of guanidine groups is 1. The molecule has 0 radical (unpaired) electrons. The highest BCUT2D eigenvalue weighted by molar-refractivity contribution is 5.92. The molecule has 2 heterocycles. The van der Waals surface area contributed by atoms with Gasteiger partial charge in [-0.2, -0.15) is 0 Å². The van der Waals surface area contributed by atoms with Crippen LogP contribution in [-0.4, -0.2) is 24.0 Å². The van der Waals surface area contributed by atoms with E-state index in [2.05, 4.69) is 28.2 Å². The second-order valence-corrected chi connectivity index (χ2v) is 6.32. The lowest BCUT2D eigenvalue weighted by atomic mass is 10.2. The molecule has 3 N–H and O–H groups in total. The first kappa shape index (κ1) is 16.3. The van der Waals surface area contributed by atoms with Gasteiger partial charge in [0, 0.05) is 30.0 Å². The molecule has 1 fully saturated rings. The van der Waals surface area contributed by atoms with Crippen LogP contribution < -0.4 is 16.0 Å². The predicted octanol–water partition coefficient (Wildman–Crippen LogP) is 3.23. The van der Waals surface area contributed by atoms with Crippen LogP contribution in [0.4, 0.5) is 11.5 Å². The third-order valence-corrected chi connectivity index (χ3v) is 4.24. The van der Waals surface area contributed by atoms with Crippen molar-refractivity contribution >= 4 is 17.5 Å². The van der Waals surface area contributed by atoms with Crippen molar-refractivity contribution in [3.63, 3.8) is 0 Å². The highest BCUT2D eigenvalue weighted by Gasteiger charge is 2.17. The molecule has 1 saturated heterocycles. The Labute approximate surface area is 143 Å². The van der Waals surface area contributed by atoms with Crippen molar-refractivity contribution in [1.29, 1.82) is 0 Å². The molecule has 24 heavy (non-hydrogen) atoms. The molecule has 0 aliphatic carbocycles. The van der Waals surface area contributed by atoms with Gasteiger partial charge in [0.1, 0.15) is 5.82 Å². The maximum atomic E-state index is 6.03. The molecular formula is C19H25N5. The van der Waals surface area contributed by atoms with E-state index in [1.54, 1.807) is 0 Å². The Morgan fingerprint density at radius 1 is 1.12 bits per heavy atom. The fourth-order valence-electron chi connectivity index (χ4n) is 2.89. The van der Waals surface area contributed by atoms with E-state index in [-0.39, 0.29) is 0 Å². The number of nitrogens with two attached hydrogens (primary N) is 1. The van der Waals surface area contributed by atoms with Crippen LogP contribution in [0.3, 0.4) is 0 Å². The van der Waals surface area contributed by atoms with Gasteiger partial charge in [0.2, 0.25) is 0 Å². The van der Waals surface area contributed by atoms with Crippen molar-refractivity contribution in [1.82, 2.24) is 4.98 Å². The first-order valence-electron chi connectivity index (χ1n) is 8.47. The molecule has 5 heteroatoms. The third kappa shape index (κ3) is 4.04. The van der Waals surface area contributed by atoms with Crippen LogP contribution >= 0.6 is 0 Å². The van der Waals surface area contributed by atoms with Gasteiger partial charge in [0.25, 0.3) is 0 Å². The van der Waals surface area contributed by atoms with E-state index < -0.39 is 0 Å². The molecule has 2 aromatic rings. The summed E-state index contributed by atoms with van der Waals surface area (Å²) in [4.78, 5) is 11.6. The molecule has 0 atom stereocenters. The molecule has 1 aromatic heterocycles. The topological polar surface area (TPSA) is 66.5 Å². The van der Waals surface area contributed by atoms with Crippen LogP contribution in [0.1, 0.15) is 29.7 Å². The van der Waals surface area contributed by atoms with E-state index in [0.717, 1.165) is 35.9 Å². The smallest absolute Gasteiger partial charge is 0.193 e. The van der Waals surface area contributed by atoms with E-state index in [0.29, 0.717) is 12.5 Å². The minimum absolute atomic E-state index is 0.423. The fraction of sp³-hybridized carbons (Fsp3) is 0.368. The van der Waals surface area contributed by atoms with Crippen LogP contribution in [0.2, 0.25) is 0 Å². The molecule has 1 aliphatic rings. The maximum absolute atomic E-state index is 6.03. The SMILES string of the molecule is Cc1ccc(NC(N)=NCc2ccc(C)nc2N2CCCC2)cc1. The quantitative estimate of drug-likeness (QED) is 0.670. The lowest BCUT2D eigenvalue weighted by molar-refractivity contribution is 0.898. The fourth-order valence-corrected chi connectivity index (χ4v) is 2.89. The molecule has 126 valence electrons. The first-order chi connectivity index (χ1) is 11.6. The van der Waals surface area contributed by atoms with Gasteiger partial charge in [-0.15, -0.1) is 0 Å². The van der Waals surface area contributed by atoms with E-state index in [4.69, 9.17) is 10.7 Å². The average Bonchev–Trinajstić information content (AvgIpc) is 3.10. The van der Waals surface area contributed by atoms with E-state index in [1.807, 2.05) is 37.3 Å². The Bertz CT molecular complexity index is 715. The summed E-state index contributed by atoms with van der Waals surface area (Å²) >= 11 is 0. The van der Waals surface area contributed by atoms with Gasteiger partial charge in [-0.3, -0.25) is 0 Å². The van der Waals surface area contributed by atoms with Gasteiger partial charge in [-0.25, -0.2) is 9.98 Å². The molecule has 0 bridgehead atoms. The van der Waals surface area contributed by atoms with Crippen LogP contribution in [-0.2, 0) is 6.54 Å². The Hall–Kier alpha value is -2.56. The third-order valence-electron chi connectivity index (χ3n) is 4.24. The van der Waals surface area contributed by atoms with Crippen molar-refractivity contribution in [2.24, 2.45) is 10.7 Å². The summed E-state index contributed by atoms with van der Waals surface area (Å²) in [7, 11) is 0. The van der Waals surface area contributed by atoms with Crippen LogP contribution in [0.5, 0.6) is 0 Å². The van der Waals surface area contributed by atoms with Crippen molar-refractivity contribution in [2.45, 2.75) is 33.2 Å². The van der Waals surface area contributed by atoms with Crippen molar-refractivity contribution < 1.29 is 0 Å². The monoisotopic (exact) mass is 323 g/mol. The molecule has 5 nitrogen and oxygen atoms in total. The Balaban J connectivity index is 1.72. The normalized spacial score (nSPS) is 14.9. The van der Waals surface area contributed by atoms with Crippen LogP contribution in [0.25, 0.3) is 0 Å². The number of nitrogens with zero attached hydrogens (tertiary/aromatic N) is 3. The lowest BCUT2D eigenvalue weighted by Gasteiger charge is -2.20. The molecule has 0 saturated carbocycles. The lowest BCUT2D eigenvalue weighted by Crippen LogP contribution is -2.23. The number of aliphatic imine (C=N–C) groups is 1. The summed E-state index contributed by atoms with van der Waals surface area (Å²) in [5.74, 6) is 1.48. The maximum Gasteiger partial charge on any atom is 0.193 e. The standard InChI is InChI=1S/C19H25N5/c1-14-5-9-17(10-6-14)23-19(20)21-13-16-8-7-15(2)22-18(16)24-11-3-4-12-24/h5-10H,3-4,11-13H2,1-2H3,(H3,20,21,23). The Kier molecular flexibility index (Phi) is 4.99. The van der Waals surface area contributed by atoms with Crippen molar-refractivity contribution in [3.8, 4) is 0 Å². The number of pyridine rings is 1. The number of hydrogen-bond acceptors (Lipinski definition) is 3. The summed E-state index contributed by atoms with van der Waals surface area (Å²) in [5.41, 5.74) is 10.4. The van der Waals surface area contributed by atoms with Gasteiger partial charge < -0.3 is 16.0 Å². The largest absolute Gasteiger partial charge is 0.370 e. The van der Waals surface area contributed by atoms with Crippen LogP contribution in [0.15, 0.2) is 41.4 Å². The number of nitrogens with one attached hydrogen (secondary N) is 1. The zero-order chi connectivity index (χ0) is 16.9. The molecule has 1 aliphatic heterocycles. The first-order valence-corrected chi connectivity index (χ1v) is 8.47. The van der Waals surface area contributed by atoms with E-state index >= 15 is 0 Å². The molecule has 3 rings (SSSR count). The van der Waals surface area contributed by atoms with Gasteiger partial charge in [-0.1, -0.05) is 23.8 Å².